The zero-order valence-corrected chi connectivity index (χ0v) is 20.5. The molecule has 4 aromatic carbocycles. The molecule has 0 amide bonds. The van der Waals surface area contributed by atoms with Crippen LogP contribution in [0.4, 0.5) is 0 Å². The summed E-state index contributed by atoms with van der Waals surface area (Å²) in [7, 11) is 0. The lowest BCUT2D eigenvalue weighted by atomic mass is 10.1. The molecule has 0 fully saturated rings. The molecule has 0 aliphatic carbocycles. The molecule has 1 aromatic heterocycles. The van der Waals surface area contributed by atoms with Crippen LogP contribution in [0.25, 0.3) is 10.9 Å². The van der Waals surface area contributed by atoms with Gasteiger partial charge in [-0.05, 0) is 28.8 Å². The first-order chi connectivity index (χ1) is 18.7. The molecule has 38 heavy (non-hydrogen) atoms. The summed E-state index contributed by atoms with van der Waals surface area (Å²) >= 11 is 0. The molecule has 1 heterocycles. The molecule has 6 heteroatoms. The SMILES string of the molecule is O=CC(OC(=O)c1ccnc2cc(OCc3ccccc3)c(OCc3ccccc3)cc12)c1ccccc1. The van der Waals surface area contributed by atoms with Crippen LogP contribution in [0.15, 0.2) is 115 Å². The summed E-state index contributed by atoms with van der Waals surface area (Å²) in [5.41, 5.74) is 3.41. The van der Waals surface area contributed by atoms with Crippen LogP contribution in [-0.4, -0.2) is 17.2 Å². The van der Waals surface area contributed by atoms with Crippen molar-refractivity contribution in [3.8, 4) is 11.5 Å². The number of carbonyl (C=O) groups excluding carboxylic acids is 2. The van der Waals surface area contributed by atoms with Crippen LogP contribution in [0, 0.1) is 0 Å². The first-order valence-electron chi connectivity index (χ1n) is 12.2. The van der Waals surface area contributed by atoms with Gasteiger partial charge in [-0.25, -0.2) is 4.79 Å². The summed E-state index contributed by atoms with van der Waals surface area (Å²) in [6.07, 6.45) is 1.12. The number of aldehydes is 1. The van der Waals surface area contributed by atoms with E-state index in [9.17, 15) is 9.59 Å². The van der Waals surface area contributed by atoms with E-state index in [4.69, 9.17) is 14.2 Å². The number of nitrogens with zero attached hydrogens (tertiary/aromatic N) is 1. The predicted molar refractivity (Wildman–Crippen MR) is 144 cm³/mol. The number of pyridine rings is 1. The highest BCUT2D eigenvalue weighted by atomic mass is 16.5. The summed E-state index contributed by atoms with van der Waals surface area (Å²) in [5, 5.41) is 0.533. The lowest BCUT2D eigenvalue weighted by Gasteiger charge is -2.16. The minimum atomic E-state index is -1.02. The number of aromatic nitrogens is 1. The maximum atomic E-state index is 13.2. The largest absolute Gasteiger partial charge is 0.485 e. The zero-order chi connectivity index (χ0) is 26.2. The van der Waals surface area contributed by atoms with Crippen molar-refractivity contribution in [1.29, 1.82) is 0 Å². The molecule has 0 spiro atoms. The normalized spacial score (nSPS) is 11.5. The number of ether oxygens (including phenoxy) is 3. The van der Waals surface area contributed by atoms with Crippen molar-refractivity contribution >= 4 is 23.2 Å². The molecule has 5 aromatic rings. The maximum absolute atomic E-state index is 13.2. The van der Waals surface area contributed by atoms with E-state index in [1.807, 2.05) is 66.7 Å². The fourth-order valence-corrected chi connectivity index (χ4v) is 4.02. The number of benzene rings is 4. The van der Waals surface area contributed by atoms with Gasteiger partial charge in [0.1, 0.15) is 13.2 Å². The third kappa shape index (κ3) is 5.87. The smallest absolute Gasteiger partial charge is 0.339 e. The molecule has 6 nitrogen and oxygen atoms in total. The minimum absolute atomic E-state index is 0.275. The second kappa shape index (κ2) is 11.8. The fraction of sp³-hybridized carbons (Fsp3) is 0.0938. The Hall–Kier alpha value is -4.97. The summed E-state index contributed by atoms with van der Waals surface area (Å²) in [6.45, 7) is 0.656. The van der Waals surface area contributed by atoms with E-state index >= 15 is 0 Å². The first kappa shape index (κ1) is 24.7. The van der Waals surface area contributed by atoms with Gasteiger partial charge in [-0.1, -0.05) is 91.0 Å². The van der Waals surface area contributed by atoms with Gasteiger partial charge in [-0.15, -0.1) is 0 Å². The van der Waals surface area contributed by atoms with E-state index in [1.54, 1.807) is 42.5 Å². The number of fused-ring (bicyclic) bond motifs is 1. The number of esters is 1. The van der Waals surface area contributed by atoms with Crippen molar-refractivity contribution in [3.63, 3.8) is 0 Å². The van der Waals surface area contributed by atoms with Gasteiger partial charge in [0, 0.05) is 17.6 Å². The second-order valence-corrected chi connectivity index (χ2v) is 8.60. The zero-order valence-electron chi connectivity index (χ0n) is 20.5. The average Bonchev–Trinajstić information content (AvgIpc) is 2.98. The third-order valence-corrected chi connectivity index (χ3v) is 5.99. The molecule has 0 aliphatic rings. The Morgan fingerprint density at radius 3 is 1.87 bits per heavy atom. The first-order valence-corrected chi connectivity index (χ1v) is 12.2. The number of carbonyl (C=O) groups is 2. The van der Waals surface area contributed by atoms with Crippen LogP contribution >= 0.6 is 0 Å². The molecule has 1 unspecified atom stereocenters. The Balaban J connectivity index is 1.47. The molecule has 0 saturated carbocycles. The Morgan fingerprint density at radius 2 is 1.29 bits per heavy atom. The molecule has 5 rings (SSSR count). The number of hydrogen-bond acceptors (Lipinski definition) is 6. The van der Waals surface area contributed by atoms with Crippen LogP contribution < -0.4 is 9.47 Å². The van der Waals surface area contributed by atoms with Gasteiger partial charge in [0.15, 0.2) is 23.9 Å². The third-order valence-electron chi connectivity index (χ3n) is 5.99. The van der Waals surface area contributed by atoms with E-state index in [0.717, 1.165) is 11.1 Å². The lowest BCUT2D eigenvalue weighted by Crippen LogP contribution is -2.13. The Labute approximate surface area is 220 Å². The van der Waals surface area contributed by atoms with Crippen molar-refractivity contribution in [2.24, 2.45) is 0 Å². The highest BCUT2D eigenvalue weighted by molar-refractivity contribution is 6.04. The monoisotopic (exact) mass is 503 g/mol. The van der Waals surface area contributed by atoms with Crippen molar-refractivity contribution in [2.75, 3.05) is 0 Å². The van der Waals surface area contributed by atoms with Crippen molar-refractivity contribution < 1.29 is 23.8 Å². The van der Waals surface area contributed by atoms with Crippen molar-refractivity contribution in [1.82, 2.24) is 4.98 Å². The van der Waals surface area contributed by atoms with Crippen LogP contribution in [0.2, 0.25) is 0 Å². The molecular weight excluding hydrogens is 478 g/mol. The maximum Gasteiger partial charge on any atom is 0.339 e. The standard InChI is InChI=1S/C32H25NO5/c34-20-31(25-14-8-3-9-15-25)38-32(35)26-16-17-33-28-19-30(37-22-24-12-6-2-7-13-24)29(18-27(26)28)36-21-23-10-4-1-5-11-23/h1-20,31H,21-22H2. The highest BCUT2D eigenvalue weighted by Gasteiger charge is 2.21. The number of rotatable bonds is 10. The van der Waals surface area contributed by atoms with Gasteiger partial charge in [-0.2, -0.15) is 0 Å². The van der Waals surface area contributed by atoms with Gasteiger partial charge < -0.3 is 14.2 Å². The average molecular weight is 504 g/mol. The van der Waals surface area contributed by atoms with Crippen LogP contribution in [0.1, 0.15) is 33.2 Å². The lowest BCUT2D eigenvalue weighted by molar-refractivity contribution is -0.115. The predicted octanol–water partition coefficient (Wildman–Crippen LogP) is 6.49. The quantitative estimate of drug-likeness (QED) is 0.160. The molecule has 0 N–H and O–H groups in total. The second-order valence-electron chi connectivity index (χ2n) is 8.60. The molecule has 1 atom stereocenters. The summed E-state index contributed by atoms with van der Waals surface area (Å²) in [4.78, 5) is 29.4. The van der Waals surface area contributed by atoms with E-state index in [0.29, 0.717) is 47.5 Å². The van der Waals surface area contributed by atoms with Crippen LogP contribution in [-0.2, 0) is 22.7 Å². The molecule has 0 bridgehead atoms. The summed E-state index contributed by atoms with van der Waals surface area (Å²) < 4.78 is 17.9. The van der Waals surface area contributed by atoms with Gasteiger partial charge in [0.2, 0.25) is 0 Å². The molecule has 0 radical (unpaired) electrons. The van der Waals surface area contributed by atoms with Gasteiger partial charge in [0.25, 0.3) is 0 Å². The fourth-order valence-electron chi connectivity index (χ4n) is 4.02. The Kier molecular flexibility index (Phi) is 7.70. The van der Waals surface area contributed by atoms with E-state index in [2.05, 4.69) is 4.98 Å². The Morgan fingerprint density at radius 1 is 0.737 bits per heavy atom. The summed E-state index contributed by atoms with van der Waals surface area (Å²) in [5.74, 6) is 0.338. The van der Waals surface area contributed by atoms with Gasteiger partial charge in [-0.3, -0.25) is 9.78 Å². The van der Waals surface area contributed by atoms with E-state index in [-0.39, 0.29) is 5.56 Å². The molecule has 188 valence electrons. The van der Waals surface area contributed by atoms with Crippen molar-refractivity contribution in [2.45, 2.75) is 19.3 Å². The highest BCUT2D eigenvalue weighted by Crippen LogP contribution is 2.35. The summed E-state index contributed by atoms with van der Waals surface area (Å²) in [6, 6.07) is 33.5. The van der Waals surface area contributed by atoms with E-state index < -0.39 is 12.1 Å². The van der Waals surface area contributed by atoms with E-state index in [1.165, 1.54) is 6.20 Å². The van der Waals surface area contributed by atoms with Gasteiger partial charge >= 0.3 is 5.97 Å². The molecular formula is C32H25NO5. The molecule has 0 aliphatic heterocycles. The van der Waals surface area contributed by atoms with Crippen LogP contribution in [0.3, 0.4) is 0 Å². The topological polar surface area (TPSA) is 74.7 Å². The Bertz CT molecular complexity index is 1520. The molecule has 0 saturated heterocycles. The minimum Gasteiger partial charge on any atom is -0.485 e. The van der Waals surface area contributed by atoms with Crippen LogP contribution in [0.5, 0.6) is 11.5 Å². The number of hydrogen-bond donors (Lipinski definition) is 0. The van der Waals surface area contributed by atoms with Gasteiger partial charge in [0.05, 0.1) is 11.1 Å². The van der Waals surface area contributed by atoms with Crippen molar-refractivity contribution in [3.05, 3.63) is 138 Å².